The second-order valence-corrected chi connectivity index (χ2v) is 3.91. The lowest BCUT2D eigenvalue weighted by molar-refractivity contribution is 0.789. The van der Waals surface area contributed by atoms with Crippen molar-refractivity contribution in [1.82, 2.24) is 5.32 Å². The lowest BCUT2D eigenvalue weighted by Crippen LogP contribution is -2.31. The molecule has 0 heterocycles. The monoisotopic (exact) mass is 234 g/mol. The van der Waals surface area contributed by atoms with E-state index in [1.54, 1.807) is 0 Å². The van der Waals surface area contributed by atoms with E-state index in [4.69, 9.17) is 5.73 Å². The number of para-hydroxylation sites is 1. The minimum atomic E-state index is 0.537. The van der Waals surface area contributed by atoms with Crippen molar-refractivity contribution in [2.45, 2.75) is 13.3 Å². The van der Waals surface area contributed by atoms with Gasteiger partial charge < -0.3 is 16.0 Å². The molecule has 0 saturated carbocycles. The van der Waals surface area contributed by atoms with Crippen LogP contribution in [0.15, 0.2) is 35.3 Å². The van der Waals surface area contributed by atoms with Crippen molar-refractivity contribution < 1.29 is 0 Å². The first-order valence-corrected chi connectivity index (χ1v) is 6.04. The first kappa shape index (κ1) is 13.4. The third-order valence-corrected chi connectivity index (χ3v) is 2.49. The molecule has 0 amide bonds. The third-order valence-electron chi connectivity index (χ3n) is 2.49. The van der Waals surface area contributed by atoms with E-state index >= 15 is 0 Å². The highest BCUT2D eigenvalue weighted by atomic mass is 15.1. The van der Waals surface area contributed by atoms with Crippen LogP contribution in [-0.4, -0.2) is 32.6 Å². The smallest absolute Gasteiger partial charge is 0.188 e. The van der Waals surface area contributed by atoms with Gasteiger partial charge in [-0.1, -0.05) is 18.2 Å². The van der Waals surface area contributed by atoms with Crippen LogP contribution >= 0.6 is 0 Å². The summed E-state index contributed by atoms with van der Waals surface area (Å²) in [4.78, 5) is 6.46. The van der Waals surface area contributed by atoms with Crippen molar-refractivity contribution in [2.75, 3.05) is 31.6 Å². The first-order chi connectivity index (χ1) is 8.24. The SMILES string of the molecule is CCNC(N)=NCCCN(C)c1ccccc1. The van der Waals surface area contributed by atoms with Crippen LogP contribution in [0.5, 0.6) is 0 Å². The molecule has 0 aromatic heterocycles. The highest BCUT2D eigenvalue weighted by Gasteiger charge is 1.98. The topological polar surface area (TPSA) is 53.6 Å². The molecule has 0 bridgehead atoms. The summed E-state index contributed by atoms with van der Waals surface area (Å²) in [7, 11) is 2.09. The molecule has 0 unspecified atom stereocenters. The fourth-order valence-electron chi connectivity index (χ4n) is 1.56. The molecule has 1 rings (SSSR count). The number of rotatable bonds is 6. The molecule has 0 saturated heterocycles. The van der Waals surface area contributed by atoms with E-state index in [2.05, 4.69) is 34.4 Å². The molecule has 1 aromatic carbocycles. The summed E-state index contributed by atoms with van der Waals surface area (Å²) in [5.41, 5.74) is 6.87. The molecule has 0 atom stereocenters. The molecule has 3 N–H and O–H groups in total. The standard InChI is InChI=1S/C13H22N4/c1-3-15-13(14)16-10-7-11-17(2)12-8-5-4-6-9-12/h4-6,8-9H,3,7,10-11H2,1-2H3,(H3,14,15,16). The number of nitrogens with one attached hydrogen (secondary N) is 1. The summed E-state index contributed by atoms with van der Waals surface area (Å²) in [5.74, 6) is 0.537. The number of hydrogen-bond acceptors (Lipinski definition) is 2. The molecule has 0 aliphatic heterocycles. The summed E-state index contributed by atoms with van der Waals surface area (Å²) in [5, 5.41) is 2.98. The Balaban J connectivity index is 2.25. The number of aliphatic imine (C=N–C) groups is 1. The van der Waals surface area contributed by atoms with Crippen LogP contribution in [-0.2, 0) is 0 Å². The Hall–Kier alpha value is -1.71. The van der Waals surface area contributed by atoms with Crippen LogP contribution in [0.25, 0.3) is 0 Å². The highest BCUT2D eigenvalue weighted by Crippen LogP contribution is 2.10. The number of hydrogen-bond donors (Lipinski definition) is 2. The number of nitrogens with zero attached hydrogens (tertiary/aromatic N) is 2. The van der Waals surface area contributed by atoms with Gasteiger partial charge in [0.05, 0.1) is 0 Å². The molecule has 4 nitrogen and oxygen atoms in total. The molecule has 1 aromatic rings. The second-order valence-electron chi connectivity index (χ2n) is 3.91. The van der Waals surface area contributed by atoms with Crippen molar-refractivity contribution in [3.8, 4) is 0 Å². The van der Waals surface area contributed by atoms with Gasteiger partial charge in [-0.2, -0.15) is 0 Å². The number of anilines is 1. The van der Waals surface area contributed by atoms with E-state index in [9.17, 15) is 0 Å². The van der Waals surface area contributed by atoms with Crippen LogP contribution in [0.4, 0.5) is 5.69 Å². The summed E-state index contributed by atoms with van der Waals surface area (Å²) in [6.07, 6.45) is 0.998. The lowest BCUT2D eigenvalue weighted by Gasteiger charge is -2.18. The molecule has 0 aliphatic rings. The van der Waals surface area contributed by atoms with Gasteiger partial charge in [-0.15, -0.1) is 0 Å². The largest absolute Gasteiger partial charge is 0.375 e. The Bertz CT molecular complexity index is 335. The van der Waals surface area contributed by atoms with Crippen LogP contribution in [0.1, 0.15) is 13.3 Å². The summed E-state index contributed by atoms with van der Waals surface area (Å²) < 4.78 is 0. The predicted octanol–water partition coefficient (Wildman–Crippen LogP) is 1.44. The van der Waals surface area contributed by atoms with E-state index in [0.29, 0.717) is 5.96 Å². The second kappa shape index (κ2) is 7.54. The molecule has 4 heteroatoms. The maximum Gasteiger partial charge on any atom is 0.188 e. The van der Waals surface area contributed by atoms with Crippen molar-refractivity contribution in [3.05, 3.63) is 30.3 Å². The zero-order valence-corrected chi connectivity index (χ0v) is 10.7. The van der Waals surface area contributed by atoms with Crippen LogP contribution in [0.3, 0.4) is 0 Å². The fraction of sp³-hybridized carbons (Fsp3) is 0.462. The molecule has 0 aliphatic carbocycles. The number of nitrogens with two attached hydrogens (primary N) is 1. The number of benzene rings is 1. The average molecular weight is 234 g/mol. The average Bonchev–Trinajstić information content (AvgIpc) is 2.36. The van der Waals surface area contributed by atoms with Crippen LogP contribution < -0.4 is 16.0 Å². The van der Waals surface area contributed by atoms with E-state index in [1.807, 2.05) is 25.1 Å². The number of guanidine groups is 1. The lowest BCUT2D eigenvalue weighted by atomic mass is 10.3. The molecule has 17 heavy (non-hydrogen) atoms. The maximum atomic E-state index is 5.64. The van der Waals surface area contributed by atoms with Crippen molar-refractivity contribution in [2.24, 2.45) is 10.7 Å². The third kappa shape index (κ3) is 5.24. The van der Waals surface area contributed by atoms with Crippen LogP contribution in [0.2, 0.25) is 0 Å². The minimum absolute atomic E-state index is 0.537. The van der Waals surface area contributed by atoms with E-state index in [0.717, 1.165) is 26.1 Å². The summed E-state index contributed by atoms with van der Waals surface area (Å²) in [6.45, 7) is 4.56. The van der Waals surface area contributed by atoms with Gasteiger partial charge in [-0.25, -0.2) is 0 Å². The fourth-order valence-corrected chi connectivity index (χ4v) is 1.56. The Morgan fingerprint density at radius 3 is 2.71 bits per heavy atom. The quantitative estimate of drug-likeness (QED) is 0.445. The summed E-state index contributed by atoms with van der Waals surface area (Å²) >= 11 is 0. The van der Waals surface area contributed by atoms with Gasteiger partial charge in [0.15, 0.2) is 5.96 Å². The molecule has 0 fully saturated rings. The van der Waals surface area contributed by atoms with Crippen LogP contribution in [0, 0.1) is 0 Å². The predicted molar refractivity (Wildman–Crippen MR) is 74.5 cm³/mol. The van der Waals surface area contributed by atoms with Gasteiger partial charge in [0, 0.05) is 32.4 Å². The molecule has 0 spiro atoms. The normalized spacial score (nSPS) is 11.3. The van der Waals surface area contributed by atoms with E-state index < -0.39 is 0 Å². The Labute approximate surface area is 104 Å². The molecular weight excluding hydrogens is 212 g/mol. The zero-order chi connectivity index (χ0) is 12.5. The molecular formula is C13H22N4. The van der Waals surface area contributed by atoms with Crippen molar-refractivity contribution in [1.29, 1.82) is 0 Å². The Kier molecular flexibility index (Phi) is 5.93. The summed E-state index contributed by atoms with van der Waals surface area (Å²) in [6, 6.07) is 10.3. The highest BCUT2D eigenvalue weighted by molar-refractivity contribution is 5.77. The van der Waals surface area contributed by atoms with E-state index in [-0.39, 0.29) is 0 Å². The van der Waals surface area contributed by atoms with Gasteiger partial charge in [0.2, 0.25) is 0 Å². The minimum Gasteiger partial charge on any atom is -0.375 e. The zero-order valence-electron chi connectivity index (χ0n) is 10.7. The van der Waals surface area contributed by atoms with Crippen molar-refractivity contribution in [3.63, 3.8) is 0 Å². The van der Waals surface area contributed by atoms with Gasteiger partial charge in [-0.05, 0) is 25.5 Å². The van der Waals surface area contributed by atoms with Gasteiger partial charge in [-0.3, -0.25) is 4.99 Å². The first-order valence-electron chi connectivity index (χ1n) is 6.04. The van der Waals surface area contributed by atoms with Gasteiger partial charge >= 0.3 is 0 Å². The van der Waals surface area contributed by atoms with Crippen molar-refractivity contribution >= 4 is 11.6 Å². The van der Waals surface area contributed by atoms with E-state index in [1.165, 1.54) is 5.69 Å². The molecule has 0 radical (unpaired) electrons. The van der Waals surface area contributed by atoms with Gasteiger partial charge in [0.25, 0.3) is 0 Å². The molecule has 94 valence electrons. The Morgan fingerprint density at radius 1 is 1.35 bits per heavy atom. The Morgan fingerprint density at radius 2 is 2.06 bits per heavy atom. The maximum absolute atomic E-state index is 5.64. The van der Waals surface area contributed by atoms with Gasteiger partial charge in [0.1, 0.15) is 0 Å².